The van der Waals surface area contributed by atoms with Gasteiger partial charge in [0.05, 0.1) is 7.11 Å². The van der Waals surface area contributed by atoms with Crippen LogP contribution in [0.5, 0.6) is 0 Å². The van der Waals surface area contributed by atoms with Gasteiger partial charge in [0.15, 0.2) is 0 Å². The number of aliphatic imine (C=N–C) groups is 1. The fourth-order valence-corrected chi connectivity index (χ4v) is 0.913. The Morgan fingerprint density at radius 1 is 1.75 bits per heavy atom. The second-order valence-electron chi connectivity index (χ2n) is 2.92. The third-order valence-electron chi connectivity index (χ3n) is 1.67. The standard InChI is InChI=1S/C7H16N5O4/c1-16-6(13)5(8)3-2-4-10-7(9)11-12(14)15/h5,14H,2-4,8H2,1H3,(H3,9,10,11)/q-1. The molecule has 0 rings (SSSR count). The van der Waals surface area contributed by atoms with E-state index in [4.69, 9.17) is 16.7 Å². The molecule has 0 saturated heterocycles. The first-order valence-corrected chi connectivity index (χ1v) is 4.53. The number of rotatable bonds is 6. The van der Waals surface area contributed by atoms with Crippen LogP contribution in [0.1, 0.15) is 12.8 Å². The van der Waals surface area contributed by atoms with Gasteiger partial charge in [-0.05, 0) is 12.8 Å². The Labute approximate surface area is 92.6 Å². The van der Waals surface area contributed by atoms with Gasteiger partial charge in [-0.2, -0.15) is 5.34 Å². The number of nitrogens with one attached hydrogen (secondary N) is 1. The van der Waals surface area contributed by atoms with Gasteiger partial charge in [-0.1, -0.05) is 0 Å². The Hall–Kier alpha value is -1.42. The molecule has 0 heterocycles. The lowest BCUT2D eigenvalue weighted by Gasteiger charge is -2.20. The molecule has 0 fully saturated rings. The molecular formula is C7H16N5O4-. The van der Waals surface area contributed by atoms with Crippen molar-refractivity contribution in [1.29, 1.82) is 0 Å². The van der Waals surface area contributed by atoms with Crippen molar-refractivity contribution in [3.05, 3.63) is 5.21 Å². The minimum atomic E-state index is -0.691. The molecule has 0 aliphatic heterocycles. The Morgan fingerprint density at radius 3 is 2.88 bits per heavy atom. The SMILES string of the molecule is COC(=O)C(N)CCCN=C(N)NN([O-])O. The van der Waals surface area contributed by atoms with E-state index in [0.29, 0.717) is 12.8 Å². The predicted octanol–water partition coefficient (Wildman–Crippen LogP) is -1.72. The Kier molecular flexibility index (Phi) is 7.12. The van der Waals surface area contributed by atoms with E-state index >= 15 is 0 Å². The summed E-state index contributed by atoms with van der Waals surface area (Å²) in [6.07, 6.45) is 0.895. The second-order valence-corrected chi connectivity index (χ2v) is 2.92. The molecule has 0 bridgehead atoms. The highest BCUT2D eigenvalue weighted by Crippen LogP contribution is 1.96. The molecule has 0 aromatic carbocycles. The van der Waals surface area contributed by atoms with Crippen molar-refractivity contribution in [2.45, 2.75) is 18.9 Å². The van der Waals surface area contributed by atoms with Gasteiger partial charge in [-0.25, -0.2) is 0 Å². The summed E-state index contributed by atoms with van der Waals surface area (Å²) in [6.45, 7) is 0.275. The van der Waals surface area contributed by atoms with Crippen LogP contribution in [0.15, 0.2) is 4.99 Å². The predicted molar refractivity (Wildman–Crippen MR) is 55.8 cm³/mol. The first-order valence-electron chi connectivity index (χ1n) is 4.53. The quantitative estimate of drug-likeness (QED) is 0.139. The van der Waals surface area contributed by atoms with Crippen molar-refractivity contribution in [1.82, 2.24) is 10.8 Å². The summed E-state index contributed by atoms with van der Waals surface area (Å²) in [6, 6.07) is -0.691. The summed E-state index contributed by atoms with van der Waals surface area (Å²) >= 11 is 0. The number of hydrogen-bond acceptors (Lipinski definition) is 7. The maximum atomic E-state index is 10.9. The molecular weight excluding hydrogens is 218 g/mol. The number of ether oxygens (including phenoxy) is 1. The van der Waals surface area contributed by atoms with Crippen molar-refractivity contribution in [2.24, 2.45) is 16.5 Å². The molecule has 0 aliphatic rings. The zero-order valence-electron chi connectivity index (χ0n) is 8.92. The molecule has 0 saturated carbocycles. The lowest BCUT2D eigenvalue weighted by Crippen LogP contribution is -2.40. The van der Waals surface area contributed by atoms with Crippen molar-refractivity contribution < 1.29 is 14.7 Å². The number of hydrogen-bond donors (Lipinski definition) is 4. The van der Waals surface area contributed by atoms with Gasteiger partial charge in [0.25, 0.3) is 0 Å². The summed E-state index contributed by atoms with van der Waals surface area (Å²) in [4.78, 5) is 14.6. The Morgan fingerprint density at radius 2 is 2.38 bits per heavy atom. The molecule has 0 aliphatic carbocycles. The van der Waals surface area contributed by atoms with Crippen molar-refractivity contribution in [3.8, 4) is 0 Å². The Balaban J connectivity index is 3.70. The smallest absolute Gasteiger partial charge is 0.322 e. The van der Waals surface area contributed by atoms with E-state index in [9.17, 15) is 10.0 Å². The second kappa shape index (κ2) is 7.82. The van der Waals surface area contributed by atoms with Crippen molar-refractivity contribution in [3.63, 3.8) is 0 Å². The molecule has 6 N–H and O–H groups in total. The summed E-state index contributed by atoms with van der Waals surface area (Å²) in [7, 11) is 1.26. The van der Waals surface area contributed by atoms with Crippen LogP contribution >= 0.6 is 0 Å². The van der Waals surface area contributed by atoms with Crippen LogP contribution < -0.4 is 16.9 Å². The molecule has 16 heavy (non-hydrogen) atoms. The molecule has 94 valence electrons. The van der Waals surface area contributed by atoms with E-state index in [0.717, 1.165) is 0 Å². The zero-order chi connectivity index (χ0) is 12.6. The number of nitrogens with zero attached hydrogens (tertiary/aromatic N) is 2. The molecule has 0 radical (unpaired) electrons. The average molecular weight is 234 g/mol. The van der Waals surface area contributed by atoms with Crippen LogP contribution in [0.3, 0.4) is 0 Å². The van der Waals surface area contributed by atoms with Crippen molar-refractivity contribution in [2.75, 3.05) is 13.7 Å². The minimum absolute atomic E-state index is 0.218. The molecule has 9 nitrogen and oxygen atoms in total. The summed E-state index contributed by atoms with van der Waals surface area (Å²) in [5, 5.41) is 17.7. The van der Waals surface area contributed by atoms with Crippen LogP contribution in [-0.4, -0.2) is 42.2 Å². The van der Waals surface area contributed by atoms with E-state index in [2.05, 4.69) is 9.73 Å². The first kappa shape index (κ1) is 14.6. The lowest BCUT2D eigenvalue weighted by molar-refractivity contribution is -0.142. The number of methoxy groups -OCH3 is 1. The van der Waals surface area contributed by atoms with E-state index in [-0.39, 0.29) is 12.5 Å². The van der Waals surface area contributed by atoms with Gasteiger partial charge in [0.1, 0.15) is 6.04 Å². The topological polar surface area (TPSA) is 149 Å². The van der Waals surface area contributed by atoms with Crippen LogP contribution in [0.2, 0.25) is 0 Å². The normalized spacial score (nSPS) is 13.7. The third-order valence-corrected chi connectivity index (χ3v) is 1.67. The third kappa shape index (κ3) is 6.95. The molecule has 0 aromatic rings. The number of esters is 1. The molecule has 0 spiro atoms. The van der Waals surface area contributed by atoms with Gasteiger partial charge in [-0.3, -0.25) is 15.2 Å². The largest absolute Gasteiger partial charge is 0.744 e. The van der Waals surface area contributed by atoms with Crippen LogP contribution in [-0.2, 0) is 9.53 Å². The first-order chi connectivity index (χ1) is 7.47. The van der Waals surface area contributed by atoms with Crippen LogP contribution in [0, 0.1) is 5.21 Å². The summed E-state index contributed by atoms with van der Waals surface area (Å²) in [5.41, 5.74) is 12.5. The Bertz CT molecular complexity index is 245. The van der Waals surface area contributed by atoms with Gasteiger partial charge in [-0.15, -0.1) is 0 Å². The molecule has 0 amide bonds. The molecule has 0 aromatic heterocycles. The van der Waals surface area contributed by atoms with E-state index in [1.807, 2.05) is 0 Å². The fraction of sp³-hybridized carbons (Fsp3) is 0.714. The van der Waals surface area contributed by atoms with E-state index in [1.165, 1.54) is 7.11 Å². The molecule has 1 unspecified atom stereocenters. The maximum Gasteiger partial charge on any atom is 0.322 e. The van der Waals surface area contributed by atoms with Crippen LogP contribution in [0.4, 0.5) is 0 Å². The number of hydrazine groups is 1. The summed E-state index contributed by atoms with van der Waals surface area (Å²) < 4.78 is 4.42. The zero-order valence-corrected chi connectivity index (χ0v) is 8.92. The van der Waals surface area contributed by atoms with Gasteiger partial charge in [0, 0.05) is 6.54 Å². The van der Waals surface area contributed by atoms with Crippen molar-refractivity contribution >= 4 is 11.9 Å². The number of nitrogens with two attached hydrogens (primary N) is 2. The van der Waals surface area contributed by atoms with E-state index < -0.39 is 17.3 Å². The molecule has 1 atom stereocenters. The number of carbonyl (C=O) groups excluding carboxylic acids is 1. The fourth-order valence-electron chi connectivity index (χ4n) is 0.913. The highest BCUT2D eigenvalue weighted by atomic mass is 16.8. The molecule has 9 heteroatoms. The summed E-state index contributed by atoms with van der Waals surface area (Å²) in [5.74, 6) is -0.708. The maximum absolute atomic E-state index is 10.9. The monoisotopic (exact) mass is 234 g/mol. The minimum Gasteiger partial charge on any atom is -0.744 e. The lowest BCUT2D eigenvalue weighted by atomic mass is 10.2. The van der Waals surface area contributed by atoms with Crippen LogP contribution in [0.25, 0.3) is 0 Å². The van der Waals surface area contributed by atoms with Gasteiger partial charge >= 0.3 is 5.97 Å². The van der Waals surface area contributed by atoms with Gasteiger partial charge < -0.3 is 26.6 Å². The van der Waals surface area contributed by atoms with E-state index in [1.54, 1.807) is 5.43 Å². The number of carbonyl (C=O) groups is 1. The highest BCUT2D eigenvalue weighted by Gasteiger charge is 2.12. The van der Waals surface area contributed by atoms with Gasteiger partial charge in [0.2, 0.25) is 5.96 Å². The highest BCUT2D eigenvalue weighted by molar-refractivity contribution is 5.77. The number of guanidine groups is 1. The average Bonchev–Trinajstić information content (AvgIpc) is 2.21.